The minimum atomic E-state index is -0.444. The minimum Gasteiger partial charge on any atom is -0.490 e. The average molecular weight is 408 g/mol. The number of nitrogens with zero attached hydrogens (tertiary/aromatic N) is 2. The van der Waals surface area contributed by atoms with Crippen molar-refractivity contribution in [2.45, 2.75) is 13.8 Å². The van der Waals surface area contributed by atoms with Crippen LogP contribution in [0.2, 0.25) is 0 Å². The molecule has 0 fully saturated rings. The largest absolute Gasteiger partial charge is 0.490 e. The summed E-state index contributed by atoms with van der Waals surface area (Å²) in [6.07, 6.45) is 0. The fourth-order valence-corrected chi connectivity index (χ4v) is 4.30. The van der Waals surface area contributed by atoms with Gasteiger partial charge in [-0.15, -0.1) is 11.3 Å². The summed E-state index contributed by atoms with van der Waals surface area (Å²) in [4.78, 5) is 31.6. The van der Waals surface area contributed by atoms with E-state index in [-0.39, 0.29) is 12.5 Å². The molecule has 0 atom stereocenters. The number of carbonyl (C=O) groups is 2. The number of hydrogen-bond donors (Lipinski definition) is 0. The quantitative estimate of drug-likeness (QED) is 0.599. The molecule has 3 aromatic rings. The first kappa shape index (κ1) is 19.1. The van der Waals surface area contributed by atoms with Crippen molar-refractivity contribution in [2.24, 2.45) is 0 Å². The monoisotopic (exact) mass is 408 g/mol. The van der Waals surface area contributed by atoms with Crippen LogP contribution in [0.3, 0.4) is 0 Å². The number of thiazole rings is 1. The van der Waals surface area contributed by atoms with Gasteiger partial charge in [-0.3, -0.25) is 4.79 Å². The van der Waals surface area contributed by atoms with Crippen molar-refractivity contribution in [1.29, 1.82) is 0 Å². The number of rotatable bonds is 4. The SMILES string of the molecule is CCOC(=O)c1nc(-c2ccc3c(c2)N(C(C)=O)CCO3)sc1-c1ccccc1. The molecule has 6 nitrogen and oxygen atoms in total. The molecule has 0 radical (unpaired) electrons. The number of anilines is 1. The third kappa shape index (κ3) is 3.73. The number of ether oxygens (including phenoxy) is 2. The number of benzene rings is 2. The Bertz CT molecular complexity index is 1060. The van der Waals surface area contributed by atoms with Gasteiger partial charge >= 0.3 is 5.97 Å². The summed E-state index contributed by atoms with van der Waals surface area (Å²) in [5.41, 5.74) is 2.75. The molecular weight excluding hydrogens is 388 g/mol. The molecule has 1 aliphatic rings. The number of fused-ring (bicyclic) bond motifs is 1. The van der Waals surface area contributed by atoms with Gasteiger partial charge in [0, 0.05) is 12.5 Å². The Morgan fingerprint density at radius 1 is 1.17 bits per heavy atom. The molecule has 1 aliphatic heterocycles. The van der Waals surface area contributed by atoms with Crippen LogP contribution in [0.5, 0.6) is 5.75 Å². The lowest BCUT2D eigenvalue weighted by molar-refractivity contribution is -0.116. The van der Waals surface area contributed by atoms with Gasteiger partial charge in [0.25, 0.3) is 0 Å². The Kier molecular flexibility index (Phi) is 5.31. The van der Waals surface area contributed by atoms with E-state index in [4.69, 9.17) is 9.47 Å². The van der Waals surface area contributed by atoms with Crippen molar-refractivity contribution in [1.82, 2.24) is 4.98 Å². The fourth-order valence-electron chi connectivity index (χ4n) is 3.24. The lowest BCUT2D eigenvalue weighted by Crippen LogP contribution is -2.36. The first-order chi connectivity index (χ1) is 14.1. The van der Waals surface area contributed by atoms with Crippen molar-refractivity contribution in [3.63, 3.8) is 0 Å². The van der Waals surface area contributed by atoms with Crippen molar-refractivity contribution in [3.8, 4) is 26.8 Å². The molecule has 0 aliphatic carbocycles. The second-order valence-corrected chi connectivity index (χ2v) is 7.48. The summed E-state index contributed by atoms with van der Waals surface area (Å²) in [6.45, 7) is 4.57. The number of carbonyl (C=O) groups excluding carboxylic acids is 2. The molecule has 0 spiro atoms. The second-order valence-electron chi connectivity index (χ2n) is 6.48. The van der Waals surface area contributed by atoms with E-state index in [1.54, 1.807) is 11.8 Å². The summed E-state index contributed by atoms with van der Waals surface area (Å²) in [5, 5.41) is 0.684. The molecule has 7 heteroatoms. The highest BCUT2D eigenvalue weighted by molar-refractivity contribution is 7.18. The first-order valence-electron chi connectivity index (χ1n) is 9.37. The van der Waals surface area contributed by atoms with Crippen LogP contribution in [0.15, 0.2) is 48.5 Å². The van der Waals surface area contributed by atoms with Crippen LogP contribution in [-0.4, -0.2) is 36.6 Å². The lowest BCUT2D eigenvalue weighted by atomic mass is 10.1. The van der Waals surface area contributed by atoms with Crippen LogP contribution < -0.4 is 9.64 Å². The Labute approximate surface area is 172 Å². The zero-order valence-electron chi connectivity index (χ0n) is 16.2. The number of aromatic nitrogens is 1. The highest BCUT2D eigenvalue weighted by Gasteiger charge is 2.25. The van der Waals surface area contributed by atoms with Gasteiger partial charge < -0.3 is 14.4 Å². The maximum absolute atomic E-state index is 12.5. The van der Waals surface area contributed by atoms with E-state index in [1.165, 1.54) is 18.3 Å². The predicted octanol–water partition coefficient (Wildman–Crippen LogP) is 4.40. The third-order valence-electron chi connectivity index (χ3n) is 4.58. The second kappa shape index (κ2) is 8.05. The molecule has 0 unspecified atom stereocenters. The van der Waals surface area contributed by atoms with Crippen LogP contribution in [0.1, 0.15) is 24.3 Å². The predicted molar refractivity (Wildman–Crippen MR) is 112 cm³/mol. The smallest absolute Gasteiger partial charge is 0.358 e. The molecule has 0 saturated heterocycles. The van der Waals surface area contributed by atoms with Crippen molar-refractivity contribution in [2.75, 3.05) is 24.7 Å². The molecule has 1 amide bonds. The van der Waals surface area contributed by atoms with E-state index in [0.717, 1.165) is 21.7 Å². The van der Waals surface area contributed by atoms with Crippen LogP contribution in [0, 0.1) is 0 Å². The minimum absolute atomic E-state index is 0.0389. The molecule has 2 aromatic carbocycles. The molecule has 148 valence electrons. The van der Waals surface area contributed by atoms with Crippen molar-refractivity contribution >= 4 is 28.9 Å². The topological polar surface area (TPSA) is 68.7 Å². The van der Waals surface area contributed by atoms with Gasteiger partial charge in [0.2, 0.25) is 5.91 Å². The molecule has 4 rings (SSSR count). The third-order valence-corrected chi connectivity index (χ3v) is 5.73. The highest BCUT2D eigenvalue weighted by atomic mass is 32.1. The zero-order chi connectivity index (χ0) is 20.4. The highest BCUT2D eigenvalue weighted by Crippen LogP contribution is 2.40. The van der Waals surface area contributed by atoms with Crippen molar-refractivity contribution < 1.29 is 19.1 Å². The van der Waals surface area contributed by atoms with Gasteiger partial charge in [-0.25, -0.2) is 9.78 Å². The van der Waals surface area contributed by atoms with Gasteiger partial charge in [0.05, 0.1) is 23.7 Å². The number of hydrogen-bond acceptors (Lipinski definition) is 6. The van der Waals surface area contributed by atoms with E-state index < -0.39 is 5.97 Å². The summed E-state index contributed by atoms with van der Waals surface area (Å²) in [6, 6.07) is 15.3. The normalized spacial score (nSPS) is 12.8. The van der Waals surface area contributed by atoms with E-state index in [2.05, 4.69) is 4.98 Å². The molecule has 0 N–H and O–H groups in total. The van der Waals surface area contributed by atoms with E-state index >= 15 is 0 Å². The van der Waals surface area contributed by atoms with E-state index in [9.17, 15) is 9.59 Å². The van der Waals surface area contributed by atoms with Crippen LogP contribution >= 0.6 is 11.3 Å². The molecule has 2 heterocycles. The maximum atomic E-state index is 12.5. The molecule has 29 heavy (non-hydrogen) atoms. The average Bonchev–Trinajstić information content (AvgIpc) is 3.19. The van der Waals surface area contributed by atoms with Crippen LogP contribution in [0.4, 0.5) is 5.69 Å². The summed E-state index contributed by atoms with van der Waals surface area (Å²) in [5.74, 6) is 0.184. The number of amides is 1. The molecular formula is C22H20N2O4S. The van der Waals surface area contributed by atoms with E-state index in [1.807, 2.05) is 48.5 Å². The van der Waals surface area contributed by atoms with Crippen LogP contribution in [0.25, 0.3) is 21.0 Å². The molecule has 0 bridgehead atoms. The maximum Gasteiger partial charge on any atom is 0.358 e. The fraction of sp³-hybridized carbons (Fsp3) is 0.227. The first-order valence-corrected chi connectivity index (χ1v) is 10.2. The van der Waals surface area contributed by atoms with Gasteiger partial charge in [-0.2, -0.15) is 0 Å². The summed E-state index contributed by atoms with van der Waals surface area (Å²) >= 11 is 1.42. The Morgan fingerprint density at radius 2 is 1.97 bits per heavy atom. The zero-order valence-corrected chi connectivity index (χ0v) is 17.0. The van der Waals surface area contributed by atoms with E-state index in [0.29, 0.717) is 29.6 Å². The molecule has 0 saturated carbocycles. The Balaban J connectivity index is 1.81. The number of esters is 1. The summed E-state index contributed by atoms with van der Waals surface area (Å²) < 4.78 is 10.9. The lowest BCUT2D eigenvalue weighted by Gasteiger charge is -2.28. The summed E-state index contributed by atoms with van der Waals surface area (Å²) in [7, 11) is 0. The van der Waals surface area contributed by atoms with Gasteiger partial charge in [0.1, 0.15) is 17.4 Å². The standard InChI is InChI=1S/C22H20N2O4S/c1-3-27-22(26)19-20(15-7-5-4-6-8-15)29-21(23-19)16-9-10-18-17(13-16)24(14(2)25)11-12-28-18/h4-10,13H,3,11-12H2,1-2H3. The molecule has 1 aromatic heterocycles. The van der Waals surface area contributed by atoms with Crippen LogP contribution in [-0.2, 0) is 9.53 Å². The van der Waals surface area contributed by atoms with Gasteiger partial charge in [-0.1, -0.05) is 30.3 Å². The Hall–Kier alpha value is -3.19. The Morgan fingerprint density at radius 3 is 2.69 bits per heavy atom. The van der Waals surface area contributed by atoms with Gasteiger partial charge in [0.15, 0.2) is 5.69 Å². The van der Waals surface area contributed by atoms with Crippen molar-refractivity contribution in [3.05, 3.63) is 54.2 Å². The van der Waals surface area contributed by atoms with Gasteiger partial charge in [-0.05, 0) is 30.7 Å².